The third-order valence-corrected chi connectivity index (χ3v) is 3.97. The average molecular weight is 267 g/mol. The highest BCUT2D eigenvalue weighted by atomic mass is 16.5. The van der Waals surface area contributed by atoms with Gasteiger partial charge in [0.25, 0.3) is 0 Å². The van der Waals surface area contributed by atoms with E-state index < -0.39 is 0 Å². The van der Waals surface area contributed by atoms with Crippen LogP contribution in [0.2, 0.25) is 0 Å². The monoisotopic (exact) mass is 267 g/mol. The molecule has 0 saturated heterocycles. The van der Waals surface area contributed by atoms with Crippen LogP contribution in [0.15, 0.2) is 36.4 Å². The predicted molar refractivity (Wildman–Crippen MR) is 83.6 cm³/mol. The van der Waals surface area contributed by atoms with Crippen LogP contribution >= 0.6 is 0 Å². The molecule has 104 valence electrons. The molecule has 0 aliphatic carbocycles. The van der Waals surface area contributed by atoms with Crippen molar-refractivity contribution in [3.63, 3.8) is 0 Å². The molecule has 1 unspecified atom stereocenters. The summed E-state index contributed by atoms with van der Waals surface area (Å²) in [6.45, 7) is 7.27. The molecule has 1 heterocycles. The number of hydrogen-bond acceptors (Lipinski definition) is 2. The molecule has 0 aromatic heterocycles. The largest absolute Gasteiger partial charge is 0.482 e. The molecule has 2 aromatic carbocycles. The first-order chi connectivity index (χ1) is 9.67. The zero-order valence-corrected chi connectivity index (χ0v) is 12.4. The second-order valence-corrected chi connectivity index (χ2v) is 5.53. The van der Waals surface area contributed by atoms with Crippen LogP contribution < -0.4 is 10.1 Å². The molecule has 3 rings (SSSR count). The van der Waals surface area contributed by atoms with Gasteiger partial charge in [-0.15, -0.1) is 0 Å². The van der Waals surface area contributed by atoms with E-state index in [-0.39, 0.29) is 6.10 Å². The van der Waals surface area contributed by atoms with Gasteiger partial charge >= 0.3 is 0 Å². The lowest BCUT2D eigenvalue weighted by molar-refractivity contribution is 0.209. The smallest absolute Gasteiger partial charge is 0.143 e. The number of benzene rings is 2. The summed E-state index contributed by atoms with van der Waals surface area (Å²) >= 11 is 0. The first-order valence-corrected chi connectivity index (χ1v) is 7.28. The van der Waals surface area contributed by atoms with E-state index in [1.54, 1.807) is 0 Å². The van der Waals surface area contributed by atoms with Crippen LogP contribution in [0.3, 0.4) is 0 Å². The van der Waals surface area contributed by atoms with Gasteiger partial charge in [-0.2, -0.15) is 0 Å². The van der Waals surface area contributed by atoms with Gasteiger partial charge in [-0.05, 0) is 49.1 Å². The van der Waals surface area contributed by atoms with Crippen LogP contribution in [0.4, 0.5) is 5.69 Å². The summed E-state index contributed by atoms with van der Waals surface area (Å²) in [7, 11) is 0. The van der Waals surface area contributed by atoms with Crippen LogP contribution in [0.25, 0.3) is 0 Å². The van der Waals surface area contributed by atoms with Crippen molar-refractivity contribution in [2.45, 2.75) is 33.3 Å². The summed E-state index contributed by atoms with van der Waals surface area (Å²) in [5, 5.41) is 3.50. The van der Waals surface area contributed by atoms with Crippen molar-refractivity contribution >= 4 is 5.69 Å². The Morgan fingerprint density at radius 1 is 1.15 bits per heavy atom. The fourth-order valence-corrected chi connectivity index (χ4v) is 2.80. The first-order valence-electron chi connectivity index (χ1n) is 7.28. The Hall–Kier alpha value is -1.96. The molecule has 0 amide bonds. The number of fused-ring (bicyclic) bond motifs is 1. The molecule has 1 atom stereocenters. The van der Waals surface area contributed by atoms with Crippen molar-refractivity contribution in [2.24, 2.45) is 0 Å². The molecule has 2 heteroatoms. The van der Waals surface area contributed by atoms with Gasteiger partial charge in [-0.3, -0.25) is 0 Å². The lowest BCUT2D eigenvalue weighted by atomic mass is 9.99. The van der Waals surface area contributed by atoms with Crippen molar-refractivity contribution < 1.29 is 4.74 Å². The minimum atomic E-state index is 0.0931. The van der Waals surface area contributed by atoms with E-state index in [1.165, 1.54) is 22.3 Å². The Kier molecular flexibility index (Phi) is 3.39. The highest BCUT2D eigenvalue weighted by molar-refractivity contribution is 5.60. The second-order valence-electron chi connectivity index (χ2n) is 5.53. The van der Waals surface area contributed by atoms with Gasteiger partial charge in [0.2, 0.25) is 0 Å². The molecular weight excluding hydrogens is 246 g/mol. The highest BCUT2D eigenvalue weighted by Crippen LogP contribution is 2.35. The zero-order chi connectivity index (χ0) is 14.1. The maximum atomic E-state index is 6.18. The molecule has 0 bridgehead atoms. The van der Waals surface area contributed by atoms with Gasteiger partial charge in [-0.25, -0.2) is 0 Å². The molecule has 20 heavy (non-hydrogen) atoms. The van der Waals surface area contributed by atoms with Crippen LogP contribution in [-0.2, 0) is 6.42 Å². The maximum Gasteiger partial charge on any atom is 0.143 e. The lowest BCUT2D eigenvalue weighted by Crippen LogP contribution is -2.24. The van der Waals surface area contributed by atoms with Crippen molar-refractivity contribution in [2.75, 3.05) is 11.9 Å². The normalized spacial score (nSPS) is 17.1. The number of aryl methyl sites for hydroxylation is 3. The number of rotatable bonds is 2. The van der Waals surface area contributed by atoms with Gasteiger partial charge in [0, 0.05) is 0 Å². The molecule has 1 aliphatic heterocycles. The molecule has 0 radical (unpaired) electrons. The van der Waals surface area contributed by atoms with E-state index >= 15 is 0 Å². The predicted octanol–water partition coefficient (Wildman–Crippen LogP) is 4.41. The molecule has 0 fully saturated rings. The number of nitrogens with one attached hydrogen (secondary N) is 1. The summed E-state index contributed by atoms with van der Waals surface area (Å²) in [5.41, 5.74) is 6.32. The van der Waals surface area contributed by atoms with Crippen molar-refractivity contribution in [1.29, 1.82) is 0 Å². The van der Waals surface area contributed by atoms with E-state index in [1.807, 2.05) is 0 Å². The minimum absolute atomic E-state index is 0.0931. The Bertz CT molecular complexity index is 633. The van der Waals surface area contributed by atoms with Crippen LogP contribution in [0, 0.1) is 13.8 Å². The third-order valence-electron chi connectivity index (χ3n) is 3.97. The SMILES string of the molecule is CCc1ccc2c(c1)NCC(c1ccc(C)cc1C)O2. The zero-order valence-electron chi connectivity index (χ0n) is 12.4. The third kappa shape index (κ3) is 2.38. The van der Waals surface area contributed by atoms with E-state index in [9.17, 15) is 0 Å². The van der Waals surface area contributed by atoms with E-state index in [0.717, 1.165) is 24.4 Å². The van der Waals surface area contributed by atoms with Gasteiger partial charge in [0.05, 0.1) is 12.2 Å². The molecule has 2 aromatic rings. The van der Waals surface area contributed by atoms with Crippen molar-refractivity contribution in [3.05, 3.63) is 58.7 Å². The maximum absolute atomic E-state index is 6.18. The number of ether oxygens (including phenoxy) is 1. The van der Waals surface area contributed by atoms with Gasteiger partial charge in [-0.1, -0.05) is 36.8 Å². The Morgan fingerprint density at radius 2 is 2.00 bits per heavy atom. The van der Waals surface area contributed by atoms with Gasteiger partial charge in [0.15, 0.2) is 0 Å². The fraction of sp³-hybridized carbons (Fsp3) is 0.333. The Balaban J connectivity index is 1.88. The Labute approximate surface area is 120 Å². The summed E-state index contributed by atoms with van der Waals surface area (Å²) in [5.74, 6) is 0.957. The van der Waals surface area contributed by atoms with E-state index in [4.69, 9.17) is 4.74 Å². The summed E-state index contributed by atoms with van der Waals surface area (Å²) in [6.07, 6.45) is 1.14. The standard InChI is InChI=1S/C18H21NO/c1-4-14-6-8-17-16(10-14)19-11-18(20-17)15-7-5-12(2)9-13(15)3/h5-10,18-19H,4,11H2,1-3H3. The highest BCUT2D eigenvalue weighted by Gasteiger charge is 2.22. The molecule has 2 nitrogen and oxygen atoms in total. The fourth-order valence-electron chi connectivity index (χ4n) is 2.80. The molecule has 0 spiro atoms. The summed E-state index contributed by atoms with van der Waals surface area (Å²) < 4.78 is 6.18. The van der Waals surface area contributed by atoms with Crippen LogP contribution in [-0.4, -0.2) is 6.54 Å². The van der Waals surface area contributed by atoms with Gasteiger partial charge in [0.1, 0.15) is 11.9 Å². The summed E-state index contributed by atoms with van der Waals surface area (Å²) in [4.78, 5) is 0. The van der Waals surface area contributed by atoms with Crippen molar-refractivity contribution in [3.8, 4) is 5.75 Å². The average Bonchev–Trinajstić information content (AvgIpc) is 2.46. The second kappa shape index (κ2) is 5.20. The van der Waals surface area contributed by atoms with Crippen molar-refractivity contribution in [1.82, 2.24) is 0 Å². The van der Waals surface area contributed by atoms with E-state index in [2.05, 4.69) is 62.5 Å². The quantitative estimate of drug-likeness (QED) is 0.870. The van der Waals surface area contributed by atoms with Gasteiger partial charge < -0.3 is 10.1 Å². The van der Waals surface area contributed by atoms with Crippen LogP contribution in [0.5, 0.6) is 5.75 Å². The number of hydrogen-bond donors (Lipinski definition) is 1. The summed E-state index contributed by atoms with van der Waals surface area (Å²) in [6, 6.07) is 13.0. The Morgan fingerprint density at radius 3 is 2.75 bits per heavy atom. The molecule has 1 aliphatic rings. The lowest BCUT2D eigenvalue weighted by Gasteiger charge is -2.29. The minimum Gasteiger partial charge on any atom is -0.482 e. The number of anilines is 1. The molecule has 1 N–H and O–H groups in total. The van der Waals surface area contributed by atoms with Crippen LogP contribution in [0.1, 0.15) is 35.3 Å². The first kappa shape index (κ1) is 13.0. The molecule has 0 saturated carbocycles. The molecular formula is C18H21NO. The topological polar surface area (TPSA) is 21.3 Å². The van der Waals surface area contributed by atoms with E-state index in [0.29, 0.717) is 0 Å².